The van der Waals surface area contributed by atoms with E-state index in [1.165, 1.54) is 24.3 Å². The number of benzene rings is 2. The summed E-state index contributed by atoms with van der Waals surface area (Å²) in [5, 5.41) is 7.85. The van der Waals surface area contributed by atoms with Crippen LogP contribution >= 0.6 is 0 Å². The number of carbonyl (C=O) groups excluding carboxylic acids is 1. The van der Waals surface area contributed by atoms with Crippen LogP contribution in [0.3, 0.4) is 0 Å². The monoisotopic (exact) mass is 405 g/mol. The molecule has 0 saturated heterocycles. The minimum absolute atomic E-state index is 0.00905. The molecule has 2 rings (SSSR count). The Morgan fingerprint density at radius 3 is 2.46 bits per heavy atom. The molecule has 0 spiro atoms. The van der Waals surface area contributed by atoms with Crippen LogP contribution in [0.1, 0.15) is 31.9 Å². The van der Waals surface area contributed by atoms with Gasteiger partial charge in [-0.25, -0.2) is 13.6 Å². The fourth-order valence-electron chi connectivity index (χ4n) is 2.93. The van der Waals surface area contributed by atoms with Crippen LogP contribution in [0, 0.1) is 0 Å². The lowest BCUT2D eigenvalue weighted by Crippen LogP contribution is -2.30. The summed E-state index contributed by atoms with van der Waals surface area (Å²) in [5.74, 6) is 0.667. The van der Waals surface area contributed by atoms with Gasteiger partial charge in [0.2, 0.25) is 15.9 Å². The second-order valence-electron chi connectivity index (χ2n) is 6.45. The molecular weight excluding hydrogens is 378 g/mol. The minimum atomic E-state index is -3.74. The van der Waals surface area contributed by atoms with E-state index in [4.69, 9.17) is 9.88 Å². The molecule has 1 unspecified atom stereocenters. The van der Waals surface area contributed by atoms with Gasteiger partial charge >= 0.3 is 0 Å². The predicted molar refractivity (Wildman–Crippen MR) is 110 cm³/mol. The van der Waals surface area contributed by atoms with Gasteiger partial charge in [0.15, 0.2) is 0 Å². The Labute approximate surface area is 166 Å². The molecule has 152 valence electrons. The maximum atomic E-state index is 12.3. The van der Waals surface area contributed by atoms with Crippen LogP contribution < -0.4 is 15.2 Å². The molecule has 0 fully saturated rings. The fourth-order valence-corrected chi connectivity index (χ4v) is 3.45. The van der Waals surface area contributed by atoms with Crippen LogP contribution in [-0.2, 0) is 14.8 Å². The van der Waals surface area contributed by atoms with Crippen molar-refractivity contribution >= 4 is 21.6 Å². The first-order valence-corrected chi connectivity index (χ1v) is 10.6. The topological polar surface area (TPSA) is 102 Å². The molecule has 0 saturated carbocycles. The molecule has 0 bridgehead atoms. The molecule has 2 aromatic rings. The van der Waals surface area contributed by atoms with Crippen molar-refractivity contribution in [2.24, 2.45) is 5.14 Å². The Balaban J connectivity index is 1.94. The summed E-state index contributed by atoms with van der Waals surface area (Å²) < 4.78 is 27.8. The van der Waals surface area contributed by atoms with E-state index < -0.39 is 10.0 Å². The van der Waals surface area contributed by atoms with Gasteiger partial charge in [0.25, 0.3) is 0 Å². The maximum Gasteiger partial charge on any atom is 0.238 e. The maximum absolute atomic E-state index is 12.3. The van der Waals surface area contributed by atoms with Crippen LogP contribution in [0.4, 0.5) is 5.69 Å². The first-order chi connectivity index (χ1) is 13.2. The minimum Gasteiger partial charge on any atom is -0.497 e. The summed E-state index contributed by atoms with van der Waals surface area (Å²) >= 11 is 0. The van der Waals surface area contributed by atoms with Crippen molar-refractivity contribution in [3.8, 4) is 5.75 Å². The van der Waals surface area contributed by atoms with Gasteiger partial charge in [-0.2, -0.15) is 0 Å². The van der Waals surface area contributed by atoms with Crippen molar-refractivity contribution in [3.05, 3.63) is 54.1 Å². The van der Waals surface area contributed by atoms with E-state index in [0.717, 1.165) is 17.9 Å². The zero-order chi connectivity index (χ0) is 20.7. The SMILES string of the molecule is CCN(CCC(=O)Nc1ccc(S(N)(=O)=O)cc1)C(C)c1cccc(OC)c1. The Hall–Kier alpha value is -2.42. The van der Waals surface area contributed by atoms with Crippen LogP contribution in [0.25, 0.3) is 0 Å². The van der Waals surface area contributed by atoms with E-state index in [1.54, 1.807) is 7.11 Å². The Morgan fingerprint density at radius 1 is 1.21 bits per heavy atom. The molecule has 0 aliphatic carbocycles. The van der Waals surface area contributed by atoms with Gasteiger partial charge in [0.1, 0.15) is 5.75 Å². The second kappa shape index (κ2) is 9.68. The third-order valence-electron chi connectivity index (χ3n) is 4.62. The summed E-state index contributed by atoms with van der Waals surface area (Å²) in [6, 6.07) is 13.8. The largest absolute Gasteiger partial charge is 0.497 e. The highest BCUT2D eigenvalue weighted by Gasteiger charge is 2.16. The van der Waals surface area contributed by atoms with Gasteiger partial charge in [-0.15, -0.1) is 0 Å². The molecule has 7 nitrogen and oxygen atoms in total. The molecule has 28 heavy (non-hydrogen) atoms. The summed E-state index contributed by atoms with van der Waals surface area (Å²) in [7, 11) is -2.10. The first-order valence-electron chi connectivity index (χ1n) is 9.05. The number of amides is 1. The lowest BCUT2D eigenvalue weighted by Gasteiger charge is -2.28. The third-order valence-corrected chi connectivity index (χ3v) is 5.55. The van der Waals surface area contributed by atoms with Crippen molar-refractivity contribution in [1.29, 1.82) is 0 Å². The summed E-state index contributed by atoms with van der Waals surface area (Å²) in [6.45, 7) is 5.55. The highest BCUT2D eigenvalue weighted by Crippen LogP contribution is 2.24. The fraction of sp³-hybridized carbons (Fsp3) is 0.350. The first kappa shape index (κ1) is 21.9. The zero-order valence-corrected chi connectivity index (χ0v) is 17.2. The van der Waals surface area contributed by atoms with E-state index in [-0.39, 0.29) is 16.8 Å². The number of anilines is 1. The van der Waals surface area contributed by atoms with Gasteiger partial charge in [-0.05, 0) is 55.4 Å². The van der Waals surface area contributed by atoms with E-state index >= 15 is 0 Å². The van der Waals surface area contributed by atoms with Gasteiger partial charge in [0.05, 0.1) is 12.0 Å². The molecule has 3 N–H and O–H groups in total. The smallest absolute Gasteiger partial charge is 0.238 e. The molecular formula is C20H27N3O4S. The predicted octanol–water partition coefficient (Wildman–Crippen LogP) is 2.75. The normalized spacial score (nSPS) is 12.6. The third kappa shape index (κ3) is 6.05. The number of primary sulfonamides is 1. The highest BCUT2D eigenvalue weighted by atomic mass is 32.2. The van der Waals surface area contributed by atoms with Crippen molar-refractivity contribution in [2.75, 3.05) is 25.5 Å². The van der Waals surface area contributed by atoms with E-state index in [2.05, 4.69) is 24.1 Å². The van der Waals surface area contributed by atoms with Crippen molar-refractivity contribution in [3.63, 3.8) is 0 Å². The molecule has 0 heterocycles. The molecule has 1 atom stereocenters. The number of ether oxygens (including phenoxy) is 1. The second-order valence-corrected chi connectivity index (χ2v) is 8.01. The highest BCUT2D eigenvalue weighted by molar-refractivity contribution is 7.89. The number of nitrogens with two attached hydrogens (primary N) is 1. The lowest BCUT2D eigenvalue weighted by atomic mass is 10.1. The van der Waals surface area contributed by atoms with Crippen molar-refractivity contribution in [1.82, 2.24) is 4.90 Å². The summed E-state index contributed by atoms with van der Waals surface area (Å²) in [6.07, 6.45) is 0.319. The number of sulfonamides is 1. The zero-order valence-electron chi connectivity index (χ0n) is 16.4. The van der Waals surface area contributed by atoms with E-state index in [0.29, 0.717) is 18.7 Å². The van der Waals surface area contributed by atoms with Crippen LogP contribution in [-0.4, -0.2) is 39.4 Å². The van der Waals surface area contributed by atoms with Crippen LogP contribution in [0.15, 0.2) is 53.4 Å². The van der Waals surface area contributed by atoms with Crippen LogP contribution in [0.2, 0.25) is 0 Å². The molecule has 0 aliphatic rings. The average molecular weight is 406 g/mol. The number of hydrogen-bond acceptors (Lipinski definition) is 5. The Kier molecular flexibility index (Phi) is 7.56. The molecule has 0 aromatic heterocycles. The molecule has 2 aromatic carbocycles. The van der Waals surface area contributed by atoms with Crippen molar-refractivity contribution in [2.45, 2.75) is 31.2 Å². The Morgan fingerprint density at radius 2 is 1.89 bits per heavy atom. The van der Waals surface area contributed by atoms with Gasteiger partial charge in [-0.3, -0.25) is 9.69 Å². The average Bonchev–Trinajstić information content (AvgIpc) is 2.68. The molecule has 8 heteroatoms. The summed E-state index contributed by atoms with van der Waals surface area (Å²) in [5.41, 5.74) is 1.65. The lowest BCUT2D eigenvalue weighted by molar-refractivity contribution is -0.116. The van der Waals surface area contributed by atoms with Gasteiger partial charge < -0.3 is 10.1 Å². The van der Waals surface area contributed by atoms with Gasteiger partial charge in [0, 0.05) is 24.7 Å². The molecule has 0 aliphatic heterocycles. The summed E-state index contributed by atoms with van der Waals surface area (Å²) in [4.78, 5) is 14.5. The molecule has 1 amide bonds. The molecule has 0 radical (unpaired) electrons. The quantitative estimate of drug-likeness (QED) is 0.668. The standard InChI is InChI=1S/C20H27N3O4S/c1-4-23(15(2)16-6-5-7-18(14-16)27-3)13-12-20(24)22-17-8-10-19(11-9-17)28(21,25)26/h5-11,14-15H,4,12-13H2,1-3H3,(H,22,24)(H2,21,25,26). The Bertz CT molecular complexity index is 898. The number of hydrogen-bond donors (Lipinski definition) is 2. The number of nitrogens with zero attached hydrogens (tertiary/aromatic N) is 1. The van der Waals surface area contributed by atoms with E-state index in [9.17, 15) is 13.2 Å². The number of nitrogens with one attached hydrogen (secondary N) is 1. The number of carbonyl (C=O) groups is 1. The van der Waals surface area contributed by atoms with Crippen LogP contribution in [0.5, 0.6) is 5.75 Å². The number of rotatable bonds is 9. The van der Waals surface area contributed by atoms with Gasteiger partial charge in [-0.1, -0.05) is 19.1 Å². The van der Waals surface area contributed by atoms with E-state index in [1.807, 2.05) is 24.3 Å². The van der Waals surface area contributed by atoms with Crippen molar-refractivity contribution < 1.29 is 17.9 Å². The number of methoxy groups -OCH3 is 1.